The molecule has 0 saturated carbocycles. The molecule has 1 aliphatic rings. The molecule has 0 saturated heterocycles. The van der Waals surface area contributed by atoms with Crippen LogP contribution in [-0.2, 0) is 6.42 Å². The molecule has 3 nitrogen and oxygen atoms in total. The molecule has 3 aromatic carbocycles. The monoisotopic (exact) mass is 475 g/mol. The molecule has 1 aliphatic carbocycles. The predicted molar refractivity (Wildman–Crippen MR) is 153 cm³/mol. The number of fused-ring (bicyclic) bond motifs is 3. The Hall–Kier alpha value is -4.76. The van der Waals surface area contributed by atoms with Crippen LogP contribution in [0.4, 0.5) is 0 Å². The van der Waals surface area contributed by atoms with Crippen molar-refractivity contribution in [2.24, 2.45) is 0 Å². The van der Waals surface area contributed by atoms with Gasteiger partial charge >= 0.3 is 0 Å². The largest absolute Gasteiger partial charge is 0.310 e. The van der Waals surface area contributed by atoms with E-state index in [-0.39, 0.29) is 0 Å². The molecule has 3 heterocycles. The summed E-state index contributed by atoms with van der Waals surface area (Å²) in [6, 6.07) is 36.3. The van der Waals surface area contributed by atoms with Gasteiger partial charge in [-0.25, -0.2) is 0 Å². The highest BCUT2D eigenvalue weighted by Crippen LogP contribution is 2.35. The van der Waals surface area contributed by atoms with Gasteiger partial charge in [0.1, 0.15) is 0 Å². The number of aromatic nitrogens is 3. The van der Waals surface area contributed by atoms with Crippen molar-refractivity contribution in [3.63, 3.8) is 0 Å². The second-order valence-electron chi connectivity index (χ2n) is 9.43. The molecule has 7 rings (SSSR count). The zero-order chi connectivity index (χ0) is 24.6. The van der Waals surface area contributed by atoms with Gasteiger partial charge in [-0.1, -0.05) is 48.5 Å². The quantitative estimate of drug-likeness (QED) is 0.256. The Kier molecular flexibility index (Phi) is 5.25. The second-order valence-corrected chi connectivity index (χ2v) is 9.43. The first-order chi connectivity index (χ1) is 18.3. The van der Waals surface area contributed by atoms with Crippen LogP contribution in [0.3, 0.4) is 0 Å². The summed E-state index contributed by atoms with van der Waals surface area (Å²) in [6.45, 7) is 0. The fourth-order valence-corrected chi connectivity index (χ4v) is 5.43. The van der Waals surface area contributed by atoms with Gasteiger partial charge in [0, 0.05) is 40.3 Å². The van der Waals surface area contributed by atoms with Crippen LogP contribution in [0.25, 0.3) is 56.3 Å². The first-order valence-electron chi connectivity index (χ1n) is 12.7. The summed E-state index contributed by atoms with van der Waals surface area (Å²) in [5.41, 5.74) is 11.6. The molecule has 37 heavy (non-hydrogen) atoms. The highest BCUT2D eigenvalue weighted by molar-refractivity contribution is 5.91. The predicted octanol–water partition coefficient (Wildman–Crippen LogP) is 8.38. The van der Waals surface area contributed by atoms with Crippen molar-refractivity contribution in [2.45, 2.75) is 12.8 Å². The molecular weight excluding hydrogens is 450 g/mol. The summed E-state index contributed by atoms with van der Waals surface area (Å²) in [5.74, 6) is 0. The molecule has 0 fully saturated rings. The van der Waals surface area contributed by atoms with Gasteiger partial charge in [-0.05, 0) is 96.3 Å². The first-order valence-corrected chi connectivity index (χ1v) is 12.7. The Labute approximate surface area is 216 Å². The van der Waals surface area contributed by atoms with E-state index in [1.165, 1.54) is 33.4 Å². The van der Waals surface area contributed by atoms with Gasteiger partial charge in [0.25, 0.3) is 0 Å². The molecule has 6 aromatic rings. The summed E-state index contributed by atoms with van der Waals surface area (Å²) < 4.78 is 2.40. The summed E-state index contributed by atoms with van der Waals surface area (Å²) in [7, 11) is 0. The number of pyridine rings is 2. The zero-order valence-electron chi connectivity index (χ0n) is 20.4. The molecule has 0 aliphatic heterocycles. The van der Waals surface area contributed by atoms with E-state index in [9.17, 15) is 0 Å². The Morgan fingerprint density at radius 2 is 1.24 bits per heavy atom. The van der Waals surface area contributed by atoms with E-state index in [1.807, 2.05) is 36.7 Å². The Balaban J connectivity index is 1.35. The molecule has 0 spiro atoms. The van der Waals surface area contributed by atoms with E-state index >= 15 is 0 Å². The van der Waals surface area contributed by atoms with Crippen LogP contribution < -0.4 is 0 Å². The number of allylic oxidation sites excluding steroid dienone is 1. The maximum absolute atomic E-state index is 4.61. The maximum atomic E-state index is 4.61. The number of para-hydroxylation sites is 1. The topological polar surface area (TPSA) is 30.7 Å². The van der Waals surface area contributed by atoms with Crippen LogP contribution in [0.2, 0.25) is 0 Å². The Morgan fingerprint density at radius 1 is 0.595 bits per heavy atom. The number of benzene rings is 3. The van der Waals surface area contributed by atoms with Crippen LogP contribution in [0.1, 0.15) is 17.7 Å². The second kappa shape index (κ2) is 9.03. The average molecular weight is 476 g/mol. The van der Waals surface area contributed by atoms with Gasteiger partial charge in [0.2, 0.25) is 0 Å². The number of rotatable bonds is 4. The SMILES string of the molecule is C1=Cc2c(c3ccccc3n2-c2ccc(-c3cc(-c4ccccn4)cc(-c4ccccn4)c3)cc2)CC1. The molecule has 0 amide bonds. The van der Waals surface area contributed by atoms with Crippen molar-refractivity contribution in [2.75, 3.05) is 0 Å². The lowest BCUT2D eigenvalue weighted by molar-refractivity contribution is 0.967. The molecule has 3 heteroatoms. The van der Waals surface area contributed by atoms with Crippen molar-refractivity contribution < 1.29 is 0 Å². The fourth-order valence-electron chi connectivity index (χ4n) is 5.43. The summed E-state index contributed by atoms with van der Waals surface area (Å²) in [4.78, 5) is 9.21. The minimum atomic E-state index is 0.954. The van der Waals surface area contributed by atoms with Crippen LogP contribution in [0, 0.1) is 0 Å². The minimum absolute atomic E-state index is 0.954. The Morgan fingerprint density at radius 3 is 1.92 bits per heavy atom. The smallest absolute Gasteiger partial charge is 0.0702 e. The average Bonchev–Trinajstić information content (AvgIpc) is 3.32. The number of nitrogens with zero attached hydrogens (tertiary/aromatic N) is 3. The van der Waals surface area contributed by atoms with Crippen molar-refractivity contribution in [1.82, 2.24) is 14.5 Å². The highest BCUT2D eigenvalue weighted by Gasteiger charge is 2.18. The van der Waals surface area contributed by atoms with E-state index in [0.717, 1.165) is 40.9 Å². The van der Waals surface area contributed by atoms with Gasteiger partial charge in [0.05, 0.1) is 16.9 Å². The lowest BCUT2D eigenvalue weighted by Crippen LogP contribution is -2.00. The zero-order valence-corrected chi connectivity index (χ0v) is 20.4. The van der Waals surface area contributed by atoms with Gasteiger partial charge < -0.3 is 4.57 Å². The van der Waals surface area contributed by atoms with Gasteiger partial charge in [0.15, 0.2) is 0 Å². The molecule has 176 valence electrons. The first kappa shape index (κ1) is 21.5. The van der Waals surface area contributed by atoms with Crippen LogP contribution in [0.5, 0.6) is 0 Å². The van der Waals surface area contributed by atoms with Crippen molar-refractivity contribution in [3.05, 3.63) is 133 Å². The number of hydrogen-bond acceptors (Lipinski definition) is 2. The van der Waals surface area contributed by atoms with Crippen molar-refractivity contribution >= 4 is 17.0 Å². The normalized spacial score (nSPS) is 12.5. The number of hydrogen-bond donors (Lipinski definition) is 0. The van der Waals surface area contributed by atoms with E-state index < -0.39 is 0 Å². The van der Waals surface area contributed by atoms with Crippen LogP contribution >= 0.6 is 0 Å². The molecule has 3 aromatic heterocycles. The third kappa shape index (κ3) is 3.85. The fraction of sp³-hybridized carbons (Fsp3) is 0.0588. The summed E-state index contributed by atoms with van der Waals surface area (Å²) in [6.07, 6.45) is 10.4. The summed E-state index contributed by atoms with van der Waals surface area (Å²) in [5, 5.41) is 1.36. The molecule has 0 N–H and O–H groups in total. The molecule has 0 atom stereocenters. The van der Waals surface area contributed by atoms with E-state index in [0.29, 0.717) is 0 Å². The minimum Gasteiger partial charge on any atom is -0.310 e. The molecule has 0 radical (unpaired) electrons. The molecule has 0 unspecified atom stereocenters. The Bertz CT molecular complexity index is 1690. The lowest BCUT2D eigenvalue weighted by atomic mass is 9.96. The standard InChI is InChI=1S/C34H25N3/c1-3-13-33-29(9-1)30-10-2-4-14-34(30)37(33)28-17-15-24(16-18-28)25-21-26(31-11-5-7-19-35-31)23-27(22-25)32-12-6-8-20-36-32/h1,3-9,11-23H,2,10H2. The highest BCUT2D eigenvalue weighted by atomic mass is 15.0. The number of aryl methyl sites for hydroxylation is 1. The maximum Gasteiger partial charge on any atom is 0.0702 e. The van der Waals surface area contributed by atoms with Gasteiger partial charge in [-0.3, -0.25) is 9.97 Å². The third-order valence-electron chi connectivity index (χ3n) is 7.17. The van der Waals surface area contributed by atoms with Gasteiger partial charge in [-0.2, -0.15) is 0 Å². The van der Waals surface area contributed by atoms with Crippen molar-refractivity contribution in [1.29, 1.82) is 0 Å². The molecule has 0 bridgehead atoms. The van der Waals surface area contributed by atoms with Crippen LogP contribution in [0.15, 0.2) is 122 Å². The molecular formula is C34H25N3. The van der Waals surface area contributed by atoms with Crippen LogP contribution in [-0.4, -0.2) is 14.5 Å². The summed E-state index contributed by atoms with van der Waals surface area (Å²) >= 11 is 0. The van der Waals surface area contributed by atoms with E-state index in [1.54, 1.807) is 0 Å². The van der Waals surface area contributed by atoms with Crippen molar-refractivity contribution in [3.8, 4) is 39.3 Å². The van der Waals surface area contributed by atoms with Gasteiger partial charge in [-0.15, -0.1) is 0 Å². The lowest BCUT2D eigenvalue weighted by Gasteiger charge is -2.14. The van der Waals surface area contributed by atoms with E-state index in [2.05, 4.69) is 106 Å². The third-order valence-corrected chi connectivity index (χ3v) is 7.17. The van der Waals surface area contributed by atoms with E-state index in [4.69, 9.17) is 0 Å².